The van der Waals surface area contributed by atoms with Crippen molar-refractivity contribution in [2.75, 3.05) is 19.3 Å². The molecule has 7 nitrogen and oxygen atoms in total. The van der Waals surface area contributed by atoms with Gasteiger partial charge in [0.25, 0.3) is 5.91 Å². The lowest BCUT2D eigenvalue weighted by molar-refractivity contribution is 0.0619. The molecule has 1 amide bonds. The molecular formula is C26H31ClFN3O4S. The average Bonchev–Trinajstić information content (AvgIpc) is 3.73. The number of hydrogen-bond donors (Lipinski definition) is 1. The first-order chi connectivity index (χ1) is 17.1. The number of nitrogens with zero attached hydrogens (tertiary/aromatic N) is 2. The summed E-state index contributed by atoms with van der Waals surface area (Å²) in [5.74, 6) is -1.13. The van der Waals surface area contributed by atoms with Crippen molar-refractivity contribution in [2.24, 2.45) is 0 Å². The molecule has 5 rings (SSSR count). The predicted molar refractivity (Wildman–Crippen MR) is 136 cm³/mol. The number of rotatable bonds is 8. The summed E-state index contributed by atoms with van der Waals surface area (Å²) in [6, 6.07) is 7.04. The van der Waals surface area contributed by atoms with Crippen molar-refractivity contribution >= 4 is 27.5 Å². The number of hydrogen-bond acceptors (Lipinski definition) is 6. The zero-order chi connectivity index (χ0) is 25.6. The van der Waals surface area contributed by atoms with Crippen molar-refractivity contribution in [3.05, 3.63) is 57.6 Å². The third kappa shape index (κ3) is 5.84. The number of sulfonamides is 1. The minimum Gasteiger partial charge on any atom is -0.486 e. The van der Waals surface area contributed by atoms with Crippen LogP contribution < -0.4 is 9.46 Å². The molecule has 2 heterocycles. The molecule has 1 N–H and O–H groups in total. The van der Waals surface area contributed by atoms with Crippen LogP contribution in [0.4, 0.5) is 4.39 Å². The van der Waals surface area contributed by atoms with E-state index in [1.165, 1.54) is 6.07 Å². The van der Waals surface area contributed by atoms with Crippen LogP contribution in [-0.4, -0.2) is 49.7 Å². The highest BCUT2D eigenvalue weighted by Gasteiger charge is 2.32. The van der Waals surface area contributed by atoms with Crippen molar-refractivity contribution < 1.29 is 22.3 Å². The Morgan fingerprint density at radius 3 is 2.58 bits per heavy atom. The molecule has 3 fully saturated rings. The van der Waals surface area contributed by atoms with Gasteiger partial charge in [-0.2, -0.15) is 0 Å². The summed E-state index contributed by atoms with van der Waals surface area (Å²) >= 11 is 6.37. The molecule has 194 valence electrons. The summed E-state index contributed by atoms with van der Waals surface area (Å²) in [5, 5.41) is 0.718. The Balaban J connectivity index is 1.34. The van der Waals surface area contributed by atoms with Gasteiger partial charge in [0.2, 0.25) is 10.0 Å². The maximum atomic E-state index is 15.4. The van der Waals surface area contributed by atoms with Crippen LogP contribution >= 0.6 is 11.6 Å². The first kappa shape index (κ1) is 25.4. The van der Waals surface area contributed by atoms with Crippen LogP contribution in [0.1, 0.15) is 90.6 Å². The van der Waals surface area contributed by atoms with Gasteiger partial charge in [0.05, 0.1) is 28.2 Å². The van der Waals surface area contributed by atoms with Crippen LogP contribution in [0.25, 0.3) is 0 Å². The van der Waals surface area contributed by atoms with Gasteiger partial charge in [-0.15, -0.1) is 0 Å². The molecule has 2 aliphatic carbocycles. The second-order valence-corrected chi connectivity index (χ2v) is 12.4. The smallest absolute Gasteiger partial charge is 0.267 e. The van der Waals surface area contributed by atoms with E-state index in [9.17, 15) is 13.2 Å². The molecule has 1 aliphatic heterocycles. The van der Waals surface area contributed by atoms with Gasteiger partial charge in [-0.25, -0.2) is 17.5 Å². The van der Waals surface area contributed by atoms with Gasteiger partial charge in [-0.05, 0) is 87.7 Å². The summed E-state index contributed by atoms with van der Waals surface area (Å²) in [7, 11) is -3.82. The summed E-state index contributed by atoms with van der Waals surface area (Å²) in [5.41, 5.74) is 2.43. The number of nitrogens with one attached hydrogen (secondary N) is 1. The monoisotopic (exact) mass is 535 g/mol. The number of carbonyl (C=O) groups is 1. The number of pyridine rings is 1. The lowest BCUT2D eigenvalue weighted by atomic mass is 10.0. The molecule has 2 aromatic rings. The Bertz CT molecular complexity index is 1280. The van der Waals surface area contributed by atoms with Crippen LogP contribution in [-0.2, 0) is 10.0 Å². The van der Waals surface area contributed by atoms with Crippen molar-refractivity contribution in [3.8, 4) is 5.75 Å². The molecule has 0 radical (unpaired) electrons. The maximum absolute atomic E-state index is 15.4. The molecule has 2 saturated carbocycles. The Hall–Kier alpha value is -2.23. The van der Waals surface area contributed by atoms with Crippen LogP contribution in [0.5, 0.6) is 5.75 Å². The highest BCUT2D eigenvalue weighted by molar-refractivity contribution is 7.89. The van der Waals surface area contributed by atoms with Gasteiger partial charge in [0.1, 0.15) is 6.10 Å². The van der Waals surface area contributed by atoms with Gasteiger partial charge in [-0.3, -0.25) is 14.7 Å². The summed E-state index contributed by atoms with van der Waals surface area (Å²) < 4.78 is 46.5. The molecule has 3 aliphatic rings. The normalized spacial score (nSPS) is 21.7. The molecule has 0 bridgehead atoms. The Morgan fingerprint density at radius 1 is 1.19 bits per heavy atom. The van der Waals surface area contributed by atoms with E-state index >= 15 is 4.39 Å². The van der Waals surface area contributed by atoms with Crippen molar-refractivity contribution in [1.29, 1.82) is 0 Å². The predicted octanol–water partition coefficient (Wildman–Crippen LogP) is 4.92. The fraction of sp³-hybridized carbons (Fsp3) is 0.538. The summed E-state index contributed by atoms with van der Waals surface area (Å²) in [6.07, 6.45) is 6.37. The largest absolute Gasteiger partial charge is 0.486 e. The van der Waals surface area contributed by atoms with Crippen molar-refractivity contribution in [3.63, 3.8) is 0 Å². The van der Waals surface area contributed by atoms with E-state index in [-0.39, 0.29) is 29.4 Å². The molecule has 2 atom stereocenters. The maximum Gasteiger partial charge on any atom is 0.267 e. The summed E-state index contributed by atoms with van der Waals surface area (Å²) in [6.45, 7) is 3.57. The van der Waals surface area contributed by atoms with E-state index in [0.29, 0.717) is 12.5 Å². The van der Waals surface area contributed by atoms with Gasteiger partial charge >= 0.3 is 0 Å². The zero-order valence-corrected chi connectivity index (χ0v) is 22.0. The average molecular weight is 536 g/mol. The molecule has 1 aromatic heterocycles. The highest BCUT2D eigenvalue weighted by Crippen LogP contribution is 2.44. The van der Waals surface area contributed by atoms with E-state index in [1.807, 2.05) is 16.9 Å². The van der Waals surface area contributed by atoms with E-state index < -0.39 is 21.7 Å². The van der Waals surface area contributed by atoms with Crippen molar-refractivity contribution in [2.45, 2.75) is 69.4 Å². The van der Waals surface area contributed by atoms with Crippen LogP contribution in [0, 0.1) is 5.82 Å². The number of carbonyl (C=O) groups excluding carboxylic acids is 1. The van der Waals surface area contributed by atoms with E-state index in [2.05, 4.69) is 11.8 Å². The number of amides is 1. The molecular weight excluding hydrogens is 505 g/mol. The molecule has 1 aromatic carbocycles. The number of halogens is 2. The van der Waals surface area contributed by atoms with Crippen LogP contribution in [0.3, 0.4) is 0 Å². The Morgan fingerprint density at radius 2 is 1.92 bits per heavy atom. The Kier molecular flexibility index (Phi) is 7.00. The number of benzene rings is 1. The fourth-order valence-corrected chi connectivity index (χ4v) is 5.58. The Labute approximate surface area is 216 Å². The van der Waals surface area contributed by atoms with Gasteiger partial charge in [0.15, 0.2) is 11.6 Å². The third-order valence-electron chi connectivity index (χ3n) is 7.17. The molecule has 10 heteroatoms. The van der Waals surface area contributed by atoms with Gasteiger partial charge in [-0.1, -0.05) is 11.6 Å². The van der Waals surface area contributed by atoms with Crippen molar-refractivity contribution in [1.82, 2.24) is 14.6 Å². The van der Waals surface area contributed by atoms with E-state index in [0.717, 1.165) is 73.3 Å². The lowest BCUT2D eigenvalue weighted by Crippen LogP contribution is -2.42. The van der Waals surface area contributed by atoms with Gasteiger partial charge in [0, 0.05) is 18.5 Å². The highest BCUT2D eigenvalue weighted by atomic mass is 35.5. The standard InChI is InChI=1S/C26H31ClFN3O4S/c1-15(22-10-9-21(27)25(29-22)17-7-8-17)31-11-3-4-19(14-31)35-23-13-18(16-5-6-16)12-20(24(23)28)26(32)30-36(2,33)34/h9-10,12-13,15-17,19H,3-8,11,14H2,1-2H3,(H,30,32)/t15-,19-/m1/s1. The quantitative estimate of drug-likeness (QED) is 0.516. The molecule has 0 spiro atoms. The second kappa shape index (κ2) is 9.91. The molecule has 1 saturated heterocycles. The summed E-state index contributed by atoms with van der Waals surface area (Å²) in [4.78, 5) is 19.7. The van der Waals surface area contributed by atoms with E-state index in [1.54, 1.807) is 6.07 Å². The zero-order valence-electron chi connectivity index (χ0n) is 20.5. The van der Waals surface area contributed by atoms with E-state index in [4.69, 9.17) is 21.3 Å². The lowest BCUT2D eigenvalue weighted by Gasteiger charge is -2.36. The van der Waals surface area contributed by atoms with Crippen LogP contribution in [0.15, 0.2) is 24.3 Å². The van der Waals surface area contributed by atoms with Crippen LogP contribution in [0.2, 0.25) is 5.02 Å². The number of ether oxygens (including phenoxy) is 1. The second-order valence-electron chi connectivity index (χ2n) is 10.3. The first-order valence-corrected chi connectivity index (χ1v) is 14.8. The van der Waals surface area contributed by atoms with Gasteiger partial charge < -0.3 is 4.74 Å². The minimum absolute atomic E-state index is 0.00167. The number of likely N-dealkylation sites (tertiary alicyclic amines) is 1. The molecule has 36 heavy (non-hydrogen) atoms. The SMILES string of the molecule is C[C@H](c1ccc(Cl)c(C2CC2)n1)N1CCC[C@@H](Oc2cc(C3CC3)cc(C(=O)NS(C)(=O)=O)c2F)C1. The fourth-order valence-electron chi connectivity index (χ4n) is 4.88. The molecule has 0 unspecified atom stereocenters. The minimum atomic E-state index is -3.82. The third-order valence-corrected chi connectivity index (χ3v) is 8.05. The first-order valence-electron chi connectivity index (χ1n) is 12.5. The number of aromatic nitrogens is 1. The topological polar surface area (TPSA) is 88.6 Å². The number of piperidine rings is 1.